The molecule has 33 heavy (non-hydrogen) atoms. The molecule has 4 aromatic rings. The molecule has 0 aliphatic rings. The Morgan fingerprint density at radius 1 is 0.879 bits per heavy atom. The minimum atomic E-state index is -0.786. The van der Waals surface area contributed by atoms with E-state index in [-0.39, 0.29) is 11.6 Å². The van der Waals surface area contributed by atoms with Crippen LogP contribution in [0.4, 0.5) is 0 Å². The van der Waals surface area contributed by atoms with Crippen molar-refractivity contribution in [3.63, 3.8) is 0 Å². The van der Waals surface area contributed by atoms with E-state index in [4.69, 9.17) is 9.47 Å². The molecule has 1 aromatic heterocycles. The van der Waals surface area contributed by atoms with Crippen LogP contribution in [0.1, 0.15) is 21.0 Å². The van der Waals surface area contributed by atoms with Crippen LogP contribution < -0.4 is 4.74 Å². The molecule has 0 saturated carbocycles. The fourth-order valence-electron chi connectivity index (χ4n) is 3.00. The zero-order valence-corrected chi connectivity index (χ0v) is 20.5. The van der Waals surface area contributed by atoms with Crippen LogP contribution in [0.2, 0.25) is 0 Å². The highest BCUT2D eigenvalue weighted by Gasteiger charge is 2.21. The zero-order valence-electron chi connectivity index (χ0n) is 17.4. The first-order valence-electron chi connectivity index (χ1n) is 9.78. The van der Waals surface area contributed by atoms with Crippen molar-refractivity contribution in [1.29, 1.82) is 0 Å². The number of hydrogen-bond donors (Lipinski definition) is 0. The molecule has 0 N–H and O–H groups in total. The lowest BCUT2D eigenvalue weighted by Gasteiger charge is -2.07. The van der Waals surface area contributed by atoms with E-state index in [1.807, 2.05) is 36.4 Å². The van der Waals surface area contributed by atoms with Crippen LogP contribution in [-0.4, -0.2) is 40.2 Å². The van der Waals surface area contributed by atoms with Crippen molar-refractivity contribution >= 4 is 43.6 Å². The quantitative estimate of drug-likeness (QED) is 0.215. The molecule has 0 fully saturated rings. The summed E-state index contributed by atoms with van der Waals surface area (Å²) >= 11 is 6.74. The Morgan fingerprint density at radius 2 is 1.48 bits per heavy atom. The standard InChI is InChI=1S/C24H17Br2N3O4/c1-32-20-12-10-19(11-13-20)29-23(16-4-8-18(26)9-5-16)27-22(28-29)24(31)33-14-21(30)15-2-6-17(25)7-3-15/h2-13H,14H2,1H3. The van der Waals surface area contributed by atoms with Crippen LogP contribution in [0.5, 0.6) is 5.75 Å². The Morgan fingerprint density at radius 3 is 2.09 bits per heavy atom. The van der Waals surface area contributed by atoms with Gasteiger partial charge < -0.3 is 9.47 Å². The van der Waals surface area contributed by atoms with Gasteiger partial charge in [0.05, 0.1) is 12.8 Å². The molecule has 0 aliphatic heterocycles. The van der Waals surface area contributed by atoms with Crippen molar-refractivity contribution in [1.82, 2.24) is 14.8 Å². The number of halogens is 2. The number of aromatic nitrogens is 3. The van der Waals surface area contributed by atoms with Crippen LogP contribution in [0.15, 0.2) is 81.7 Å². The largest absolute Gasteiger partial charge is 0.497 e. The number of nitrogens with zero attached hydrogens (tertiary/aromatic N) is 3. The first-order valence-corrected chi connectivity index (χ1v) is 11.4. The van der Waals surface area contributed by atoms with E-state index < -0.39 is 12.6 Å². The number of benzene rings is 3. The van der Waals surface area contributed by atoms with E-state index in [2.05, 4.69) is 41.9 Å². The molecule has 9 heteroatoms. The van der Waals surface area contributed by atoms with Crippen molar-refractivity contribution in [3.8, 4) is 22.8 Å². The van der Waals surface area contributed by atoms with Gasteiger partial charge in [0, 0.05) is 20.1 Å². The molecule has 1 heterocycles. The van der Waals surface area contributed by atoms with Crippen LogP contribution in [0, 0.1) is 0 Å². The number of methoxy groups -OCH3 is 1. The predicted octanol–water partition coefficient (Wildman–Crippen LogP) is 5.51. The van der Waals surface area contributed by atoms with Gasteiger partial charge in [0.15, 0.2) is 18.2 Å². The second-order valence-electron chi connectivity index (χ2n) is 6.88. The van der Waals surface area contributed by atoms with Crippen molar-refractivity contribution < 1.29 is 19.1 Å². The van der Waals surface area contributed by atoms with Gasteiger partial charge >= 0.3 is 5.97 Å². The number of carbonyl (C=O) groups is 2. The smallest absolute Gasteiger partial charge is 0.378 e. The van der Waals surface area contributed by atoms with E-state index in [0.29, 0.717) is 22.8 Å². The molecule has 0 aliphatic carbocycles. The third-order valence-corrected chi connectivity index (χ3v) is 5.77. The first-order chi connectivity index (χ1) is 15.9. The normalized spacial score (nSPS) is 10.6. The van der Waals surface area contributed by atoms with Gasteiger partial charge in [0.25, 0.3) is 5.82 Å². The Balaban J connectivity index is 1.61. The predicted molar refractivity (Wildman–Crippen MR) is 130 cm³/mol. The van der Waals surface area contributed by atoms with E-state index in [0.717, 1.165) is 14.5 Å². The van der Waals surface area contributed by atoms with Gasteiger partial charge in [0.1, 0.15) is 5.75 Å². The van der Waals surface area contributed by atoms with Crippen molar-refractivity contribution in [2.45, 2.75) is 0 Å². The van der Waals surface area contributed by atoms with Crippen LogP contribution in [0.3, 0.4) is 0 Å². The Bertz CT molecular complexity index is 1290. The van der Waals surface area contributed by atoms with Crippen molar-refractivity contribution in [2.24, 2.45) is 0 Å². The summed E-state index contributed by atoms with van der Waals surface area (Å²) in [6.45, 7) is -0.412. The minimum absolute atomic E-state index is 0.146. The van der Waals surface area contributed by atoms with Gasteiger partial charge in [-0.3, -0.25) is 4.79 Å². The topological polar surface area (TPSA) is 83.3 Å². The lowest BCUT2D eigenvalue weighted by molar-refractivity contribution is 0.0462. The molecule has 3 aromatic carbocycles. The summed E-state index contributed by atoms with van der Waals surface area (Å²) in [4.78, 5) is 29.4. The Kier molecular flexibility index (Phi) is 7.00. The minimum Gasteiger partial charge on any atom is -0.497 e. The summed E-state index contributed by atoms with van der Waals surface area (Å²) in [6, 6.07) is 21.5. The van der Waals surface area contributed by atoms with Gasteiger partial charge in [-0.25, -0.2) is 14.5 Å². The average molecular weight is 571 g/mol. The Labute approximate surface area is 206 Å². The zero-order chi connectivity index (χ0) is 23.4. The summed E-state index contributed by atoms with van der Waals surface area (Å²) < 4.78 is 13.7. The second kappa shape index (κ2) is 10.1. The third-order valence-electron chi connectivity index (χ3n) is 4.71. The SMILES string of the molecule is COc1ccc(-n2nc(C(=O)OCC(=O)c3ccc(Br)cc3)nc2-c2ccc(Br)cc2)cc1. The van der Waals surface area contributed by atoms with Gasteiger partial charge in [0.2, 0.25) is 0 Å². The van der Waals surface area contributed by atoms with Gasteiger partial charge in [-0.1, -0.05) is 56.1 Å². The maximum absolute atomic E-state index is 12.7. The van der Waals surface area contributed by atoms with Crippen LogP contribution in [-0.2, 0) is 4.74 Å². The van der Waals surface area contributed by atoms with E-state index in [1.54, 1.807) is 48.2 Å². The summed E-state index contributed by atoms with van der Waals surface area (Å²) in [5.74, 6) is -0.106. The molecule has 0 bridgehead atoms. The maximum Gasteiger partial charge on any atom is 0.378 e. The molecule has 0 unspecified atom stereocenters. The van der Waals surface area contributed by atoms with E-state index >= 15 is 0 Å². The fourth-order valence-corrected chi connectivity index (χ4v) is 3.53. The molecule has 0 saturated heterocycles. The molecule has 0 amide bonds. The molecule has 7 nitrogen and oxygen atoms in total. The van der Waals surface area contributed by atoms with Gasteiger partial charge in [-0.2, -0.15) is 0 Å². The number of rotatable bonds is 7. The maximum atomic E-state index is 12.7. The summed E-state index contributed by atoms with van der Waals surface area (Å²) in [6.07, 6.45) is 0. The summed E-state index contributed by atoms with van der Waals surface area (Å²) in [5, 5.41) is 4.36. The highest BCUT2D eigenvalue weighted by Crippen LogP contribution is 2.24. The first kappa shape index (κ1) is 22.9. The average Bonchev–Trinajstić information content (AvgIpc) is 3.29. The Hall–Kier alpha value is -3.30. The summed E-state index contributed by atoms with van der Waals surface area (Å²) in [5.41, 5.74) is 1.89. The molecular formula is C24H17Br2N3O4. The molecular weight excluding hydrogens is 554 g/mol. The van der Waals surface area contributed by atoms with Gasteiger partial charge in [-0.05, 0) is 48.5 Å². The third kappa shape index (κ3) is 5.37. The molecule has 4 rings (SSSR count). The highest BCUT2D eigenvalue weighted by atomic mass is 79.9. The summed E-state index contributed by atoms with van der Waals surface area (Å²) in [7, 11) is 1.58. The monoisotopic (exact) mass is 569 g/mol. The molecule has 166 valence electrons. The molecule has 0 spiro atoms. The van der Waals surface area contributed by atoms with Gasteiger partial charge in [-0.15, -0.1) is 5.10 Å². The number of ketones is 1. The van der Waals surface area contributed by atoms with Crippen molar-refractivity contribution in [2.75, 3.05) is 13.7 Å². The van der Waals surface area contributed by atoms with E-state index in [1.165, 1.54) is 0 Å². The fraction of sp³-hybridized carbons (Fsp3) is 0.0833. The molecule has 0 radical (unpaired) electrons. The number of carbonyl (C=O) groups excluding carboxylic acids is 2. The van der Waals surface area contributed by atoms with Crippen molar-refractivity contribution in [3.05, 3.63) is 93.1 Å². The second-order valence-corrected chi connectivity index (χ2v) is 8.71. The lowest BCUT2D eigenvalue weighted by Crippen LogP contribution is -2.15. The van der Waals surface area contributed by atoms with Crippen LogP contribution in [0.25, 0.3) is 17.1 Å². The number of hydrogen-bond acceptors (Lipinski definition) is 6. The highest BCUT2D eigenvalue weighted by molar-refractivity contribution is 9.10. The van der Waals surface area contributed by atoms with Crippen LogP contribution >= 0.6 is 31.9 Å². The molecule has 0 atom stereocenters. The van der Waals surface area contributed by atoms with E-state index in [9.17, 15) is 9.59 Å². The number of ether oxygens (including phenoxy) is 2. The lowest BCUT2D eigenvalue weighted by atomic mass is 10.1. The number of Topliss-reactive ketones (excluding diaryl/α,β-unsaturated/α-hetero) is 1. The number of esters is 1.